The van der Waals surface area contributed by atoms with E-state index >= 15 is 0 Å². The monoisotopic (exact) mass is 565 g/mol. The van der Waals surface area contributed by atoms with E-state index in [1.54, 1.807) is 0 Å². The van der Waals surface area contributed by atoms with Crippen molar-refractivity contribution < 1.29 is 14.1 Å². The summed E-state index contributed by atoms with van der Waals surface area (Å²) in [6.45, 7) is 0. The highest BCUT2D eigenvalue weighted by Crippen LogP contribution is 2.57. The molecule has 0 radical (unpaired) electrons. The molecule has 0 aliphatic carbocycles. The Morgan fingerprint density at radius 3 is 0.952 bits per heavy atom. The fourth-order valence-electron chi connectivity index (χ4n) is 5.57. The Labute approximate surface area is 248 Å². The summed E-state index contributed by atoms with van der Waals surface area (Å²) < 4.78 is 13.8. The number of hydrogen-bond donors (Lipinski definition) is 1. The summed E-state index contributed by atoms with van der Waals surface area (Å²) in [7, 11) is -4.44. The molecule has 0 bridgehead atoms. The Kier molecular flexibility index (Phi) is 8.41. The van der Waals surface area contributed by atoms with Crippen molar-refractivity contribution in [2.24, 2.45) is 0 Å². The van der Waals surface area contributed by atoms with Gasteiger partial charge in [-0.25, -0.2) is 4.44 Å². The minimum atomic E-state index is -2.85. The van der Waals surface area contributed by atoms with Crippen LogP contribution in [0.5, 0.6) is 0 Å². The third kappa shape index (κ3) is 5.34. The fourth-order valence-corrected chi connectivity index (χ4v) is 8.92. The third-order valence-electron chi connectivity index (χ3n) is 7.43. The van der Waals surface area contributed by atoms with Crippen LogP contribution >= 0.6 is 7.49 Å². The number of hydrogen-bond acceptors (Lipinski definition) is 3. The van der Waals surface area contributed by atoms with Crippen LogP contribution in [0, 0.1) is 0 Å². The minimum absolute atomic E-state index is 0.883. The van der Waals surface area contributed by atoms with E-state index in [-0.39, 0.29) is 0 Å². The molecular weight excluding hydrogens is 534 g/mol. The molecule has 0 fully saturated rings. The van der Waals surface area contributed by atoms with Crippen molar-refractivity contribution in [3.05, 3.63) is 199 Å². The highest BCUT2D eigenvalue weighted by molar-refractivity contribution is 7.92. The molecule has 0 amide bonds. The van der Waals surface area contributed by atoms with E-state index in [1.807, 2.05) is 146 Å². The molecule has 3 nitrogen and oxygen atoms in total. The third-order valence-corrected chi connectivity index (χ3v) is 11.0. The molecular formula is C37H31BO3P+. The molecule has 0 saturated heterocycles. The zero-order chi connectivity index (χ0) is 28.7. The standard InChI is InChI=1S/C37H31BO3P/c39-38(40-37(31-19-7-1-8-20-31,32-21-9-2-10-22-32)33-23-11-3-12-24-33)41-42(34-25-13-4-14-26-34,35-27-15-5-16-28-35)36-29-17-6-18-30-36/h1-30,39H/q+1. The van der Waals surface area contributed by atoms with Crippen LogP contribution in [0.4, 0.5) is 0 Å². The Morgan fingerprint density at radius 2 is 0.667 bits per heavy atom. The first-order valence-electron chi connectivity index (χ1n) is 14.0. The van der Waals surface area contributed by atoms with Crippen LogP contribution in [-0.4, -0.2) is 12.3 Å². The summed E-state index contributed by atoms with van der Waals surface area (Å²) in [6, 6.07) is 60.5. The second-order valence-corrected chi connectivity index (χ2v) is 12.9. The maximum atomic E-state index is 12.1. The van der Waals surface area contributed by atoms with Gasteiger partial charge in [-0.1, -0.05) is 146 Å². The molecule has 0 aliphatic heterocycles. The van der Waals surface area contributed by atoms with E-state index in [0.29, 0.717) is 0 Å². The predicted octanol–water partition coefficient (Wildman–Crippen LogP) is 6.90. The van der Waals surface area contributed by atoms with Gasteiger partial charge in [-0.15, -0.1) is 0 Å². The molecule has 0 aliphatic rings. The minimum Gasteiger partial charge on any atom is -0.399 e. The number of benzene rings is 6. The fraction of sp³-hybridized carbons (Fsp3) is 0.0270. The Morgan fingerprint density at radius 1 is 0.405 bits per heavy atom. The van der Waals surface area contributed by atoms with Gasteiger partial charge in [-0.3, -0.25) is 0 Å². The van der Waals surface area contributed by atoms with Crippen molar-refractivity contribution >= 4 is 30.7 Å². The maximum absolute atomic E-state index is 12.1. The second-order valence-electron chi connectivity index (χ2n) is 9.93. The molecule has 1 N–H and O–H groups in total. The molecule has 6 aromatic carbocycles. The average Bonchev–Trinajstić information content (AvgIpc) is 3.08. The SMILES string of the molecule is OB(OC(c1ccccc1)(c1ccccc1)c1ccccc1)O[P+](c1ccccc1)(c1ccccc1)c1ccccc1. The van der Waals surface area contributed by atoms with E-state index < -0.39 is 20.4 Å². The molecule has 0 saturated carbocycles. The molecule has 5 heteroatoms. The zero-order valence-electron chi connectivity index (χ0n) is 23.1. The molecule has 0 spiro atoms. The lowest BCUT2D eigenvalue weighted by Crippen LogP contribution is -2.44. The Balaban J connectivity index is 1.54. The van der Waals surface area contributed by atoms with Gasteiger partial charge in [0.25, 0.3) is 0 Å². The summed E-state index contributed by atoms with van der Waals surface area (Å²) in [4.78, 5) is 0. The van der Waals surface area contributed by atoms with Gasteiger partial charge >= 0.3 is 7.32 Å². The Bertz CT molecular complexity index is 1350. The predicted molar refractivity (Wildman–Crippen MR) is 174 cm³/mol. The molecule has 6 aromatic rings. The van der Waals surface area contributed by atoms with Crippen molar-refractivity contribution in [3.63, 3.8) is 0 Å². The quantitative estimate of drug-likeness (QED) is 0.112. The van der Waals surface area contributed by atoms with Gasteiger partial charge < -0.3 is 9.68 Å². The lowest BCUT2D eigenvalue weighted by Gasteiger charge is -2.37. The van der Waals surface area contributed by atoms with Gasteiger partial charge in [0.15, 0.2) is 0 Å². The number of rotatable bonds is 10. The van der Waals surface area contributed by atoms with E-state index in [2.05, 4.69) is 36.4 Å². The first-order chi connectivity index (χ1) is 20.7. The van der Waals surface area contributed by atoms with Crippen LogP contribution in [0.3, 0.4) is 0 Å². The van der Waals surface area contributed by atoms with Gasteiger partial charge in [0.1, 0.15) is 21.5 Å². The van der Waals surface area contributed by atoms with Gasteiger partial charge in [0.2, 0.25) is 7.49 Å². The molecule has 0 heterocycles. The molecule has 42 heavy (non-hydrogen) atoms. The molecule has 0 atom stereocenters. The zero-order valence-corrected chi connectivity index (χ0v) is 24.0. The molecule has 0 aromatic heterocycles. The molecule has 0 unspecified atom stereocenters. The Hall–Kier alpha value is -4.31. The summed E-state index contributed by atoms with van der Waals surface area (Å²) in [5.41, 5.74) is 1.50. The van der Waals surface area contributed by atoms with E-state index in [9.17, 15) is 5.02 Å². The van der Waals surface area contributed by atoms with Gasteiger partial charge in [0.05, 0.1) is 0 Å². The smallest absolute Gasteiger partial charge is 0.399 e. The van der Waals surface area contributed by atoms with Gasteiger partial charge in [-0.2, -0.15) is 0 Å². The van der Waals surface area contributed by atoms with Crippen molar-refractivity contribution in [1.29, 1.82) is 0 Å². The first kappa shape index (κ1) is 27.8. The van der Waals surface area contributed by atoms with Crippen LogP contribution < -0.4 is 15.9 Å². The average molecular weight is 565 g/mol. The van der Waals surface area contributed by atoms with Gasteiger partial charge in [0, 0.05) is 0 Å². The first-order valence-corrected chi connectivity index (χ1v) is 15.7. The summed E-state index contributed by atoms with van der Waals surface area (Å²) >= 11 is 0. The van der Waals surface area contributed by atoms with Crippen molar-refractivity contribution in [2.45, 2.75) is 5.60 Å². The largest absolute Gasteiger partial charge is 0.675 e. The van der Waals surface area contributed by atoms with Crippen molar-refractivity contribution in [3.8, 4) is 0 Å². The van der Waals surface area contributed by atoms with Gasteiger partial charge in [-0.05, 0) is 53.1 Å². The summed E-state index contributed by atoms with van der Waals surface area (Å²) in [5, 5.41) is 15.0. The van der Waals surface area contributed by atoms with Crippen LogP contribution in [0.2, 0.25) is 0 Å². The molecule has 6 rings (SSSR count). The van der Waals surface area contributed by atoms with Crippen molar-refractivity contribution in [2.75, 3.05) is 0 Å². The van der Waals surface area contributed by atoms with Crippen LogP contribution in [0.25, 0.3) is 0 Å². The van der Waals surface area contributed by atoms with E-state index in [0.717, 1.165) is 32.6 Å². The normalized spacial score (nSPS) is 11.6. The summed E-state index contributed by atoms with van der Waals surface area (Å²) in [6.07, 6.45) is 0. The molecule has 204 valence electrons. The van der Waals surface area contributed by atoms with Crippen LogP contribution in [0.1, 0.15) is 16.7 Å². The van der Waals surface area contributed by atoms with Crippen LogP contribution in [-0.2, 0) is 14.7 Å². The lowest BCUT2D eigenvalue weighted by atomic mass is 9.79. The highest BCUT2D eigenvalue weighted by Gasteiger charge is 2.54. The van der Waals surface area contributed by atoms with Crippen LogP contribution in [0.15, 0.2) is 182 Å². The lowest BCUT2D eigenvalue weighted by molar-refractivity contribution is 0.0893. The second kappa shape index (κ2) is 12.7. The maximum Gasteiger partial charge on any atom is 0.675 e. The van der Waals surface area contributed by atoms with Crippen molar-refractivity contribution in [1.82, 2.24) is 0 Å². The topological polar surface area (TPSA) is 38.7 Å². The summed E-state index contributed by atoms with van der Waals surface area (Å²) in [5.74, 6) is 0. The highest BCUT2D eigenvalue weighted by atomic mass is 31.2. The van der Waals surface area contributed by atoms with E-state index in [1.165, 1.54) is 0 Å². The van der Waals surface area contributed by atoms with E-state index in [4.69, 9.17) is 9.10 Å².